The fraction of sp³-hybridized carbons (Fsp3) is 0.692. The number of hydrogen-bond donors (Lipinski definition) is 1. The molecule has 1 saturated heterocycles. The summed E-state index contributed by atoms with van der Waals surface area (Å²) < 4.78 is 5.34. The zero-order valence-electron chi connectivity index (χ0n) is 10.3. The van der Waals surface area contributed by atoms with Crippen molar-refractivity contribution in [3.8, 4) is 0 Å². The fourth-order valence-corrected chi connectivity index (χ4v) is 2.36. The van der Waals surface area contributed by atoms with Crippen LogP contribution in [0.5, 0.6) is 0 Å². The van der Waals surface area contributed by atoms with E-state index in [1.165, 1.54) is 19.5 Å². The standard InChI is InChI=1S/C13H22N2O/c1-11(8-13-4-3-7-16-13)14-9-12-5-6-15(2)10-12/h3-4,7,11-12,14H,5-6,8-10H2,1-2H3. The molecule has 2 heterocycles. The molecule has 2 rings (SSSR count). The summed E-state index contributed by atoms with van der Waals surface area (Å²) in [6.45, 7) is 5.84. The Balaban J connectivity index is 1.66. The summed E-state index contributed by atoms with van der Waals surface area (Å²) >= 11 is 0. The predicted octanol–water partition coefficient (Wildman–Crippen LogP) is 1.75. The first-order valence-electron chi connectivity index (χ1n) is 6.18. The molecule has 1 fully saturated rings. The molecule has 0 aromatic carbocycles. The molecule has 1 aromatic rings. The van der Waals surface area contributed by atoms with Crippen LogP contribution in [-0.4, -0.2) is 37.6 Å². The van der Waals surface area contributed by atoms with Gasteiger partial charge in [0, 0.05) is 19.0 Å². The highest BCUT2D eigenvalue weighted by Crippen LogP contribution is 2.13. The minimum atomic E-state index is 0.497. The van der Waals surface area contributed by atoms with Gasteiger partial charge in [0.25, 0.3) is 0 Å². The van der Waals surface area contributed by atoms with Crippen LogP contribution in [0.3, 0.4) is 0 Å². The van der Waals surface area contributed by atoms with Crippen LogP contribution in [0.25, 0.3) is 0 Å². The lowest BCUT2D eigenvalue weighted by atomic mass is 10.1. The summed E-state index contributed by atoms with van der Waals surface area (Å²) in [5.74, 6) is 1.90. The first-order chi connectivity index (χ1) is 7.74. The van der Waals surface area contributed by atoms with Gasteiger partial charge >= 0.3 is 0 Å². The Bertz CT molecular complexity index is 297. The Morgan fingerprint density at radius 2 is 2.50 bits per heavy atom. The molecule has 16 heavy (non-hydrogen) atoms. The maximum absolute atomic E-state index is 5.34. The lowest BCUT2D eigenvalue weighted by Gasteiger charge is -2.16. The van der Waals surface area contributed by atoms with Crippen LogP contribution in [0, 0.1) is 5.92 Å². The molecular formula is C13H22N2O. The molecule has 0 radical (unpaired) electrons. The van der Waals surface area contributed by atoms with Crippen molar-refractivity contribution < 1.29 is 4.42 Å². The average molecular weight is 222 g/mol. The Labute approximate surface area is 97.8 Å². The van der Waals surface area contributed by atoms with Crippen LogP contribution in [0.2, 0.25) is 0 Å². The maximum Gasteiger partial charge on any atom is 0.105 e. The smallest absolute Gasteiger partial charge is 0.105 e. The van der Waals surface area contributed by atoms with Crippen molar-refractivity contribution in [2.24, 2.45) is 5.92 Å². The van der Waals surface area contributed by atoms with E-state index >= 15 is 0 Å². The Morgan fingerprint density at radius 3 is 3.12 bits per heavy atom. The molecule has 90 valence electrons. The van der Waals surface area contributed by atoms with Crippen molar-refractivity contribution in [3.63, 3.8) is 0 Å². The minimum absolute atomic E-state index is 0.497. The van der Waals surface area contributed by atoms with Gasteiger partial charge in [-0.2, -0.15) is 0 Å². The van der Waals surface area contributed by atoms with Gasteiger partial charge in [0.15, 0.2) is 0 Å². The molecule has 1 N–H and O–H groups in total. The summed E-state index contributed by atoms with van der Waals surface area (Å²) in [7, 11) is 2.20. The molecule has 3 heteroatoms. The third-order valence-corrected chi connectivity index (χ3v) is 3.33. The van der Waals surface area contributed by atoms with Gasteiger partial charge in [-0.3, -0.25) is 0 Å². The van der Waals surface area contributed by atoms with Crippen LogP contribution in [0.15, 0.2) is 22.8 Å². The number of nitrogens with one attached hydrogen (secondary N) is 1. The Kier molecular flexibility index (Phi) is 4.02. The van der Waals surface area contributed by atoms with Crippen molar-refractivity contribution in [3.05, 3.63) is 24.2 Å². The second-order valence-corrected chi connectivity index (χ2v) is 5.01. The van der Waals surface area contributed by atoms with E-state index in [9.17, 15) is 0 Å². The molecule has 1 aromatic heterocycles. The normalized spacial score (nSPS) is 23.8. The van der Waals surface area contributed by atoms with Gasteiger partial charge in [0.2, 0.25) is 0 Å². The van der Waals surface area contributed by atoms with Crippen molar-refractivity contribution in [1.82, 2.24) is 10.2 Å². The molecule has 2 atom stereocenters. The van der Waals surface area contributed by atoms with Gasteiger partial charge in [-0.25, -0.2) is 0 Å². The third-order valence-electron chi connectivity index (χ3n) is 3.33. The highest BCUT2D eigenvalue weighted by molar-refractivity contribution is 4.99. The van der Waals surface area contributed by atoms with E-state index in [-0.39, 0.29) is 0 Å². The number of hydrogen-bond acceptors (Lipinski definition) is 3. The zero-order valence-corrected chi connectivity index (χ0v) is 10.3. The largest absolute Gasteiger partial charge is 0.469 e. The van der Waals surface area contributed by atoms with Crippen LogP contribution >= 0.6 is 0 Å². The molecule has 0 amide bonds. The van der Waals surface area contributed by atoms with Crippen LogP contribution in [0.4, 0.5) is 0 Å². The molecule has 3 nitrogen and oxygen atoms in total. The van der Waals surface area contributed by atoms with E-state index in [0.717, 1.165) is 24.6 Å². The molecule has 1 aliphatic rings. The molecule has 1 aliphatic heterocycles. The first kappa shape index (κ1) is 11.7. The average Bonchev–Trinajstić information content (AvgIpc) is 2.87. The van der Waals surface area contributed by atoms with Crippen LogP contribution in [0.1, 0.15) is 19.1 Å². The van der Waals surface area contributed by atoms with Gasteiger partial charge in [0.05, 0.1) is 6.26 Å². The number of likely N-dealkylation sites (tertiary alicyclic amines) is 1. The van der Waals surface area contributed by atoms with Gasteiger partial charge in [-0.05, 0) is 51.5 Å². The van der Waals surface area contributed by atoms with E-state index in [4.69, 9.17) is 4.42 Å². The zero-order chi connectivity index (χ0) is 11.4. The van der Waals surface area contributed by atoms with Crippen molar-refractivity contribution in [1.29, 1.82) is 0 Å². The van der Waals surface area contributed by atoms with Crippen molar-refractivity contribution >= 4 is 0 Å². The van der Waals surface area contributed by atoms with E-state index in [2.05, 4.69) is 24.2 Å². The van der Waals surface area contributed by atoms with E-state index < -0.39 is 0 Å². The van der Waals surface area contributed by atoms with Crippen LogP contribution in [-0.2, 0) is 6.42 Å². The van der Waals surface area contributed by atoms with E-state index in [1.807, 2.05) is 12.1 Å². The summed E-state index contributed by atoms with van der Waals surface area (Å²) in [6, 6.07) is 4.49. The van der Waals surface area contributed by atoms with Gasteiger partial charge < -0.3 is 14.6 Å². The van der Waals surface area contributed by atoms with Crippen molar-refractivity contribution in [2.45, 2.75) is 25.8 Å². The van der Waals surface area contributed by atoms with Gasteiger partial charge in [-0.15, -0.1) is 0 Å². The highest BCUT2D eigenvalue weighted by atomic mass is 16.3. The predicted molar refractivity (Wildman–Crippen MR) is 65.5 cm³/mol. The van der Waals surface area contributed by atoms with E-state index in [1.54, 1.807) is 6.26 Å². The first-order valence-corrected chi connectivity index (χ1v) is 6.18. The highest BCUT2D eigenvalue weighted by Gasteiger charge is 2.19. The number of nitrogens with zero attached hydrogens (tertiary/aromatic N) is 1. The number of furan rings is 1. The molecular weight excluding hydrogens is 200 g/mol. The molecule has 0 saturated carbocycles. The second kappa shape index (κ2) is 5.51. The second-order valence-electron chi connectivity index (χ2n) is 5.01. The fourth-order valence-electron chi connectivity index (χ4n) is 2.36. The minimum Gasteiger partial charge on any atom is -0.469 e. The van der Waals surface area contributed by atoms with Crippen molar-refractivity contribution in [2.75, 3.05) is 26.7 Å². The van der Waals surface area contributed by atoms with Crippen LogP contribution < -0.4 is 5.32 Å². The van der Waals surface area contributed by atoms with E-state index in [0.29, 0.717) is 6.04 Å². The van der Waals surface area contributed by atoms with Gasteiger partial charge in [0.1, 0.15) is 5.76 Å². The lowest BCUT2D eigenvalue weighted by molar-refractivity contribution is 0.376. The molecule has 0 spiro atoms. The monoisotopic (exact) mass is 222 g/mol. The third kappa shape index (κ3) is 3.35. The molecule has 2 unspecified atom stereocenters. The quantitative estimate of drug-likeness (QED) is 0.823. The molecule has 0 bridgehead atoms. The number of rotatable bonds is 5. The maximum atomic E-state index is 5.34. The molecule has 0 aliphatic carbocycles. The lowest BCUT2D eigenvalue weighted by Crippen LogP contribution is -2.33. The Morgan fingerprint density at radius 1 is 1.62 bits per heavy atom. The summed E-state index contributed by atoms with van der Waals surface area (Å²) in [6.07, 6.45) is 4.06. The Hall–Kier alpha value is -0.800. The summed E-state index contributed by atoms with van der Waals surface area (Å²) in [5, 5.41) is 3.60. The summed E-state index contributed by atoms with van der Waals surface area (Å²) in [4.78, 5) is 2.41. The van der Waals surface area contributed by atoms with Gasteiger partial charge in [-0.1, -0.05) is 0 Å². The topological polar surface area (TPSA) is 28.4 Å². The summed E-state index contributed by atoms with van der Waals surface area (Å²) in [5.41, 5.74) is 0. The SMILES string of the molecule is CC(Cc1ccco1)NCC1CCN(C)C1.